The molecule has 2 aromatic carbocycles. The number of nitro groups is 1. The first-order valence-corrected chi connectivity index (χ1v) is 8.71. The maximum atomic E-state index is 13.3. The van der Waals surface area contributed by atoms with Crippen LogP contribution in [0, 0.1) is 22.9 Å². The van der Waals surface area contributed by atoms with Gasteiger partial charge in [0.15, 0.2) is 0 Å². The molecule has 27 heavy (non-hydrogen) atoms. The zero-order chi connectivity index (χ0) is 19.7. The Kier molecular flexibility index (Phi) is 5.06. The average molecular weight is 408 g/mol. The number of amides is 2. The molecule has 3 rings (SSSR count). The second-order valence-electron chi connectivity index (χ2n) is 5.52. The Hall–Kier alpha value is -3.04. The van der Waals surface area contributed by atoms with E-state index in [4.69, 9.17) is 11.6 Å². The van der Waals surface area contributed by atoms with Crippen LogP contribution in [0.25, 0.3) is 10.1 Å². The molecule has 1 heterocycles. The molecule has 0 fully saturated rings. The lowest BCUT2D eigenvalue weighted by Gasteiger charge is -2.08. The summed E-state index contributed by atoms with van der Waals surface area (Å²) in [7, 11) is 0. The van der Waals surface area contributed by atoms with Crippen LogP contribution in [0.15, 0.2) is 36.4 Å². The van der Waals surface area contributed by atoms with E-state index in [-0.39, 0.29) is 21.2 Å². The van der Waals surface area contributed by atoms with E-state index in [1.807, 2.05) is 0 Å². The van der Waals surface area contributed by atoms with E-state index in [1.165, 1.54) is 43.3 Å². The standard InChI is InChI=1S/C17H11ClFN3O4S/c1-8-3-2-4-11(14(8)22(25)26)16(23)20-21-17(24)15-13(18)10-6-5-9(19)7-12(10)27-15/h2-7H,1H3,(H,20,23)(H,21,24). The third-order valence-electron chi connectivity index (χ3n) is 3.75. The average Bonchev–Trinajstić information content (AvgIpc) is 2.94. The van der Waals surface area contributed by atoms with Gasteiger partial charge in [0.05, 0.1) is 9.95 Å². The number of nitrogens with zero attached hydrogens (tertiary/aromatic N) is 1. The molecule has 138 valence electrons. The maximum Gasteiger partial charge on any atom is 0.285 e. The minimum Gasteiger partial charge on any atom is -0.267 e. The van der Waals surface area contributed by atoms with Gasteiger partial charge in [0.1, 0.15) is 16.3 Å². The fourth-order valence-corrected chi connectivity index (χ4v) is 3.94. The lowest BCUT2D eigenvalue weighted by atomic mass is 10.1. The minimum absolute atomic E-state index is 0.0799. The highest BCUT2D eigenvalue weighted by molar-refractivity contribution is 7.21. The minimum atomic E-state index is -0.845. The van der Waals surface area contributed by atoms with Crippen LogP contribution in [0.3, 0.4) is 0 Å². The molecular weight excluding hydrogens is 397 g/mol. The number of benzene rings is 2. The summed E-state index contributed by atoms with van der Waals surface area (Å²) in [6.07, 6.45) is 0. The third kappa shape index (κ3) is 3.60. The molecule has 10 heteroatoms. The van der Waals surface area contributed by atoms with E-state index in [9.17, 15) is 24.1 Å². The predicted molar refractivity (Wildman–Crippen MR) is 99.6 cm³/mol. The largest absolute Gasteiger partial charge is 0.285 e. The Morgan fingerprint density at radius 3 is 2.59 bits per heavy atom. The van der Waals surface area contributed by atoms with Crippen molar-refractivity contribution in [2.75, 3.05) is 0 Å². The molecule has 0 spiro atoms. The van der Waals surface area contributed by atoms with Gasteiger partial charge >= 0.3 is 0 Å². The summed E-state index contributed by atoms with van der Waals surface area (Å²) in [5, 5.41) is 11.8. The first-order chi connectivity index (χ1) is 12.8. The van der Waals surface area contributed by atoms with E-state index in [1.54, 1.807) is 0 Å². The van der Waals surface area contributed by atoms with Crippen LogP contribution in [-0.2, 0) is 0 Å². The number of thiophene rings is 1. The van der Waals surface area contributed by atoms with Crippen molar-refractivity contribution in [2.24, 2.45) is 0 Å². The SMILES string of the molecule is Cc1cccc(C(=O)NNC(=O)c2sc3cc(F)ccc3c2Cl)c1[N+](=O)[O-]. The number of para-hydroxylation sites is 1. The molecule has 0 bridgehead atoms. The zero-order valence-corrected chi connectivity index (χ0v) is 15.3. The number of halogens is 2. The van der Waals surface area contributed by atoms with E-state index in [0.29, 0.717) is 15.6 Å². The first-order valence-electron chi connectivity index (χ1n) is 7.52. The summed E-state index contributed by atoms with van der Waals surface area (Å²) in [6, 6.07) is 8.20. The molecule has 0 aliphatic carbocycles. The van der Waals surface area contributed by atoms with Gasteiger partial charge in [-0.3, -0.25) is 30.6 Å². The quantitative estimate of drug-likeness (QED) is 0.506. The van der Waals surface area contributed by atoms with E-state index < -0.39 is 22.6 Å². The number of hydrogen-bond acceptors (Lipinski definition) is 5. The number of fused-ring (bicyclic) bond motifs is 1. The van der Waals surface area contributed by atoms with E-state index in [0.717, 1.165) is 11.3 Å². The molecule has 7 nitrogen and oxygen atoms in total. The van der Waals surface area contributed by atoms with Gasteiger partial charge in [0.25, 0.3) is 17.5 Å². The Morgan fingerprint density at radius 2 is 1.89 bits per heavy atom. The summed E-state index contributed by atoms with van der Waals surface area (Å²) in [5.41, 5.74) is 4.08. The highest BCUT2D eigenvalue weighted by atomic mass is 35.5. The van der Waals surface area contributed by atoms with Gasteiger partial charge in [0, 0.05) is 15.6 Å². The van der Waals surface area contributed by atoms with Crippen molar-refractivity contribution in [3.63, 3.8) is 0 Å². The predicted octanol–water partition coefficient (Wildman–Crippen LogP) is 3.99. The molecule has 0 atom stereocenters. The van der Waals surface area contributed by atoms with Crippen LogP contribution in [0.2, 0.25) is 5.02 Å². The van der Waals surface area contributed by atoms with Gasteiger partial charge in [-0.25, -0.2) is 4.39 Å². The first kappa shape index (κ1) is 18.7. The molecule has 2 N–H and O–H groups in total. The molecule has 0 radical (unpaired) electrons. The van der Waals surface area contributed by atoms with Gasteiger partial charge < -0.3 is 0 Å². The topological polar surface area (TPSA) is 101 Å². The molecule has 0 aliphatic heterocycles. The number of carbonyl (C=O) groups excluding carboxylic acids is 2. The summed E-state index contributed by atoms with van der Waals surface area (Å²) in [4.78, 5) is 35.2. The van der Waals surface area contributed by atoms with Crippen LogP contribution in [0.5, 0.6) is 0 Å². The second-order valence-corrected chi connectivity index (χ2v) is 6.95. The highest BCUT2D eigenvalue weighted by Gasteiger charge is 2.23. The van der Waals surface area contributed by atoms with Crippen LogP contribution >= 0.6 is 22.9 Å². The van der Waals surface area contributed by atoms with Crippen molar-refractivity contribution < 1.29 is 18.9 Å². The number of nitro benzene ring substituents is 1. The molecule has 0 saturated carbocycles. The summed E-state index contributed by atoms with van der Waals surface area (Å²) in [6.45, 7) is 1.50. The lowest BCUT2D eigenvalue weighted by molar-refractivity contribution is -0.385. The summed E-state index contributed by atoms with van der Waals surface area (Å²) in [5.74, 6) is -2.03. The van der Waals surface area contributed by atoms with Crippen molar-refractivity contribution >= 4 is 50.5 Å². The van der Waals surface area contributed by atoms with Crippen molar-refractivity contribution in [2.45, 2.75) is 6.92 Å². The number of aryl methyl sites for hydroxylation is 1. The molecule has 3 aromatic rings. The van der Waals surface area contributed by atoms with Gasteiger partial charge in [-0.2, -0.15) is 0 Å². The lowest BCUT2D eigenvalue weighted by Crippen LogP contribution is -2.41. The van der Waals surface area contributed by atoms with Crippen LogP contribution in [0.1, 0.15) is 25.6 Å². The van der Waals surface area contributed by atoms with Crippen molar-refractivity contribution in [3.8, 4) is 0 Å². The normalized spacial score (nSPS) is 10.6. The smallest absolute Gasteiger partial charge is 0.267 e. The fourth-order valence-electron chi connectivity index (χ4n) is 2.51. The second kappa shape index (κ2) is 7.29. The van der Waals surface area contributed by atoms with Gasteiger partial charge in [-0.15, -0.1) is 11.3 Å². The van der Waals surface area contributed by atoms with E-state index in [2.05, 4.69) is 10.9 Å². The van der Waals surface area contributed by atoms with Gasteiger partial charge in [-0.05, 0) is 31.2 Å². The summed E-state index contributed by atoms with van der Waals surface area (Å²) >= 11 is 7.11. The zero-order valence-electron chi connectivity index (χ0n) is 13.7. The molecule has 0 aliphatic rings. The number of hydrogen-bond donors (Lipinski definition) is 2. The summed E-state index contributed by atoms with van der Waals surface area (Å²) < 4.78 is 13.8. The Morgan fingerprint density at radius 1 is 1.19 bits per heavy atom. The molecule has 2 amide bonds. The molecule has 0 unspecified atom stereocenters. The number of carbonyl (C=O) groups is 2. The van der Waals surface area contributed by atoms with Crippen LogP contribution in [0.4, 0.5) is 10.1 Å². The van der Waals surface area contributed by atoms with Crippen molar-refractivity contribution in [1.82, 2.24) is 10.9 Å². The molecule has 1 aromatic heterocycles. The molecular formula is C17H11ClFN3O4S. The van der Waals surface area contributed by atoms with E-state index >= 15 is 0 Å². The number of rotatable bonds is 3. The number of hydrazine groups is 1. The van der Waals surface area contributed by atoms with Crippen molar-refractivity contribution in [1.29, 1.82) is 0 Å². The highest BCUT2D eigenvalue weighted by Crippen LogP contribution is 2.35. The van der Waals surface area contributed by atoms with Crippen LogP contribution in [-0.4, -0.2) is 16.7 Å². The number of nitrogens with one attached hydrogen (secondary N) is 2. The van der Waals surface area contributed by atoms with Gasteiger partial charge in [0.2, 0.25) is 0 Å². The Labute approximate surface area is 160 Å². The third-order valence-corrected chi connectivity index (χ3v) is 5.41. The Balaban J connectivity index is 1.81. The molecule has 0 saturated heterocycles. The van der Waals surface area contributed by atoms with Gasteiger partial charge in [-0.1, -0.05) is 23.7 Å². The maximum absolute atomic E-state index is 13.3. The van der Waals surface area contributed by atoms with Crippen molar-refractivity contribution in [3.05, 3.63) is 73.4 Å². The Bertz CT molecular complexity index is 1100. The monoisotopic (exact) mass is 407 g/mol. The fraction of sp³-hybridized carbons (Fsp3) is 0.0588. The van der Waals surface area contributed by atoms with Crippen LogP contribution < -0.4 is 10.9 Å².